The van der Waals surface area contributed by atoms with Crippen LogP contribution in [0.1, 0.15) is 6.92 Å². The molecule has 0 bridgehead atoms. The predicted molar refractivity (Wildman–Crippen MR) is 72.2 cm³/mol. The van der Waals surface area contributed by atoms with Crippen molar-refractivity contribution in [3.05, 3.63) is 22.7 Å². The van der Waals surface area contributed by atoms with Crippen LogP contribution in [0.15, 0.2) is 27.6 Å². The summed E-state index contributed by atoms with van der Waals surface area (Å²) in [7, 11) is -0.655. The molecule has 0 aromatic heterocycles. The predicted octanol–water partition coefficient (Wildman–Crippen LogP) is 1.46. The average molecular weight is 338 g/mol. The van der Waals surface area contributed by atoms with Crippen LogP contribution in [0.2, 0.25) is 0 Å². The molecule has 1 aromatic rings. The van der Waals surface area contributed by atoms with Gasteiger partial charge in [0.2, 0.25) is 10.0 Å². The number of aliphatic hydroxyl groups excluding tert-OH is 1. The van der Waals surface area contributed by atoms with Gasteiger partial charge in [0.05, 0.1) is 22.6 Å². The highest BCUT2D eigenvalue weighted by atomic mass is 79.9. The van der Waals surface area contributed by atoms with Gasteiger partial charge in [0.15, 0.2) is 0 Å². The SMILES string of the molecule is COc1ccc(S(=O)(=O)N(C)CC(C)O)cc1Br. The maximum atomic E-state index is 12.2. The maximum absolute atomic E-state index is 12.2. The van der Waals surface area contributed by atoms with E-state index < -0.39 is 16.1 Å². The number of nitrogens with zero attached hydrogens (tertiary/aromatic N) is 1. The van der Waals surface area contributed by atoms with Gasteiger partial charge in [-0.1, -0.05) is 0 Å². The summed E-state index contributed by atoms with van der Waals surface area (Å²) in [6.07, 6.45) is -0.716. The highest BCUT2D eigenvalue weighted by Crippen LogP contribution is 2.28. The van der Waals surface area contributed by atoms with Crippen LogP contribution in [0.5, 0.6) is 5.75 Å². The molecule has 0 saturated heterocycles. The molecule has 7 heteroatoms. The van der Waals surface area contributed by atoms with E-state index in [9.17, 15) is 13.5 Å². The van der Waals surface area contributed by atoms with Crippen LogP contribution >= 0.6 is 15.9 Å². The van der Waals surface area contributed by atoms with Gasteiger partial charge in [-0.3, -0.25) is 0 Å². The Morgan fingerprint density at radius 2 is 2.11 bits per heavy atom. The lowest BCUT2D eigenvalue weighted by Crippen LogP contribution is -2.33. The number of rotatable bonds is 5. The molecule has 0 saturated carbocycles. The molecule has 1 N–H and O–H groups in total. The molecule has 1 rings (SSSR count). The van der Waals surface area contributed by atoms with Crippen LogP contribution in [0.3, 0.4) is 0 Å². The second-order valence-electron chi connectivity index (χ2n) is 3.93. The third-order valence-electron chi connectivity index (χ3n) is 2.35. The van der Waals surface area contributed by atoms with Crippen molar-refractivity contribution in [2.75, 3.05) is 20.7 Å². The van der Waals surface area contributed by atoms with Crippen molar-refractivity contribution in [1.82, 2.24) is 4.31 Å². The fraction of sp³-hybridized carbons (Fsp3) is 0.455. The van der Waals surface area contributed by atoms with E-state index in [1.165, 1.54) is 33.2 Å². The summed E-state index contributed by atoms with van der Waals surface area (Å²) in [5, 5.41) is 9.23. The Labute approximate surface area is 116 Å². The normalized spacial score (nSPS) is 13.7. The van der Waals surface area contributed by atoms with E-state index in [1.54, 1.807) is 6.07 Å². The lowest BCUT2D eigenvalue weighted by atomic mass is 10.3. The van der Waals surface area contributed by atoms with Crippen LogP contribution in [0, 0.1) is 0 Å². The third kappa shape index (κ3) is 3.44. The first-order valence-electron chi connectivity index (χ1n) is 5.27. The maximum Gasteiger partial charge on any atom is 0.242 e. The molecule has 1 aromatic carbocycles. The molecule has 1 unspecified atom stereocenters. The van der Waals surface area contributed by atoms with Crippen LogP contribution in [0.25, 0.3) is 0 Å². The fourth-order valence-electron chi connectivity index (χ4n) is 1.46. The fourth-order valence-corrected chi connectivity index (χ4v) is 3.43. The standard InChI is InChI=1S/C11H16BrNO4S/c1-8(14)7-13(2)18(15,16)9-4-5-11(17-3)10(12)6-9/h4-6,8,14H,7H2,1-3H3. The second kappa shape index (κ2) is 6.01. The van der Waals surface area contributed by atoms with E-state index in [4.69, 9.17) is 4.74 Å². The molecule has 0 aliphatic rings. The Bertz CT molecular complexity index is 516. The number of halogens is 1. The topological polar surface area (TPSA) is 66.8 Å². The Morgan fingerprint density at radius 1 is 1.50 bits per heavy atom. The number of hydrogen-bond donors (Lipinski definition) is 1. The van der Waals surface area contributed by atoms with Crippen molar-refractivity contribution in [1.29, 1.82) is 0 Å². The van der Waals surface area contributed by atoms with Gasteiger partial charge in [-0.25, -0.2) is 8.42 Å². The summed E-state index contributed by atoms with van der Waals surface area (Å²) < 4.78 is 31.1. The molecule has 1 atom stereocenters. The van der Waals surface area contributed by atoms with Crippen molar-refractivity contribution in [3.8, 4) is 5.75 Å². The van der Waals surface area contributed by atoms with E-state index in [1.807, 2.05) is 0 Å². The number of aliphatic hydroxyl groups is 1. The van der Waals surface area contributed by atoms with Gasteiger partial charge in [-0.05, 0) is 41.1 Å². The molecule has 0 aliphatic carbocycles. The van der Waals surface area contributed by atoms with Crippen LogP contribution in [-0.4, -0.2) is 44.6 Å². The number of hydrogen-bond acceptors (Lipinski definition) is 4. The van der Waals surface area contributed by atoms with Gasteiger partial charge >= 0.3 is 0 Å². The van der Waals surface area contributed by atoms with Crippen LogP contribution < -0.4 is 4.74 Å². The molecular weight excluding hydrogens is 322 g/mol. The molecule has 18 heavy (non-hydrogen) atoms. The van der Waals surface area contributed by atoms with Crippen molar-refractivity contribution in [2.24, 2.45) is 0 Å². The van der Waals surface area contributed by atoms with E-state index in [-0.39, 0.29) is 11.4 Å². The van der Waals surface area contributed by atoms with Crippen molar-refractivity contribution in [2.45, 2.75) is 17.9 Å². The molecule has 102 valence electrons. The minimum absolute atomic E-state index is 0.0476. The molecule has 0 radical (unpaired) electrons. The van der Waals surface area contributed by atoms with E-state index in [0.29, 0.717) is 10.2 Å². The Balaban J connectivity index is 3.09. The van der Waals surface area contributed by atoms with E-state index in [0.717, 1.165) is 4.31 Å². The first kappa shape index (κ1) is 15.4. The zero-order valence-electron chi connectivity index (χ0n) is 10.4. The number of ether oxygens (including phenoxy) is 1. The Morgan fingerprint density at radius 3 is 2.56 bits per heavy atom. The minimum Gasteiger partial charge on any atom is -0.496 e. The van der Waals surface area contributed by atoms with E-state index >= 15 is 0 Å². The molecular formula is C11H16BrNO4S. The minimum atomic E-state index is -3.59. The summed E-state index contributed by atoms with van der Waals surface area (Å²) in [5.74, 6) is 0.562. The van der Waals surface area contributed by atoms with Crippen LogP contribution in [-0.2, 0) is 10.0 Å². The van der Waals surface area contributed by atoms with Gasteiger partial charge in [0, 0.05) is 13.6 Å². The van der Waals surface area contributed by atoms with Gasteiger partial charge < -0.3 is 9.84 Å². The summed E-state index contributed by atoms with van der Waals surface area (Å²) in [4.78, 5) is 0.151. The largest absolute Gasteiger partial charge is 0.496 e. The van der Waals surface area contributed by atoms with Gasteiger partial charge in [-0.2, -0.15) is 4.31 Å². The smallest absolute Gasteiger partial charge is 0.242 e. The molecule has 0 spiro atoms. The summed E-state index contributed by atoms with van der Waals surface area (Å²) in [6.45, 7) is 1.59. The quantitative estimate of drug-likeness (QED) is 0.883. The van der Waals surface area contributed by atoms with E-state index in [2.05, 4.69) is 15.9 Å². The van der Waals surface area contributed by atoms with Gasteiger partial charge in [0.1, 0.15) is 5.75 Å². The summed E-state index contributed by atoms with van der Waals surface area (Å²) in [6, 6.07) is 4.53. The molecule has 0 amide bonds. The first-order chi connectivity index (χ1) is 8.28. The Kier molecular flexibility index (Phi) is 5.15. The lowest BCUT2D eigenvalue weighted by molar-refractivity contribution is 0.171. The van der Waals surface area contributed by atoms with Crippen molar-refractivity contribution in [3.63, 3.8) is 0 Å². The average Bonchev–Trinajstić information content (AvgIpc) is 2.27. The zero-order valence-corrected chi connectivity index (χ0v) is 12.8. The Hall–Kier alpha value is -0.630. The molecule has 0 aliphatic heterocycles. The number of methoxy groups -OCH3 is 1. The number of benzene rings is 1. The highest BCUT2D eigenvalue weighted by molar-refractivity contribution is 9.10. The number of likely N-dealkylation sites (N-methyl/N-ethyl adjacent to an activating group) is 1. The molecule has 0 heterocycles. The summed E-state index contributed by atoms with van der Waals surface area (Å²) in [5.41, 5.74) is 0. The van der Waals surface area contributed by atoms with Crippen LogP contribution in [0.4, 0.5) is 0 Å². The third-order valence-corrected chi connectivity index (χ3v) is 4.79. The van der Waals surface area contributed by atoms with Crippen molar-refractivity contribution < 1.29 is 18.3 Å². The van der Waals surface area contributed by atoms with Gasteiger partial charge in [0.25, 0.3) is 0 Å². The number of sulfonamides is 1. The second-order valence-corrected chi connectivity index (χ2v) is 6.83. The summed E-state index contributed by atoms with van der Waals surface area (Å²) >= 11 is 3.24. The lowest BCUT2D eigenvalue weighted by Gasteiger charge is -2.19. The molecule has 0 fully saturated rings. The zero-order chi connectivity index (χ0) is 13.9. The first-order valence-corrected chi connectivity index (χ1v) is 7.50. The van der Waals surface area contributed by atoms with Crippen molar-refractivity contribution >= 4 is 26.0 Å². The molecule has 5 nitrogen and oxygen atoms in total. The highest BCUT2D eigenvalue weighted by Gasteiger charge is 2.22. The monoisotopic (exact) mass is 337 g/mol. The van der Waals surface area contributed by atoms with Gasteiger partial charge in [-0.15, -0.1) is 0 Å².